The summed E-state index contributed by atoms with van der Waals surface area (Å²) >= 11 is 0. The number of ether oxygens (including phenoxy) is 1. The quantitative estimate of drug-likeness (QED) is 0.840. The molecule has 7 heteroatoms. The van der Waals surface area contributed by atoms with E-state index in [1.54, 1.807) is 6.20 Å². The first-order valence-electron chi connectivity index (χ1n) is 7.51. The molecule has 2 N–H and O–H groups in total. The number of primary amides is 1. The Morgan fingerprint density at radius 3 is 2.36 bits per heavy atom. The monoisotopic (exact) mass is 304 g/mol. The molecule has 1 saturated carbocycles. The summed E-state index contributed by atoms with van der Waals surface area (Å²) in [5.41, 5.74) is 5.28. The van der Waals surface area contributed by atoms with E-state index in [1.165, 1.54) is 6.20 Å². The van der Waals surface area contributed by atoms with Crippen LogP contribution in [-0.4, -0.2) is 35.3 Å². The third kappa shape index (κ3) is 2.59. The minimum absolute atomic E-state index is 0.172. The lowest BCUT2D eigenvalue weighted by atomic mass is 9.75. The number of nitrogens with zero attached hydrogens (tertiary/aromatic N) is 1. The van der Waals surface area contributed by atoms with Crippen LogP contribution in [0, 0.1) is 0 Å². The van der Waals surface area contributed by atoms with E-state index in [4.69, 9.17) is 19.8 Å². The van der Waals surface area contributed by atoms with Crippen molar-refractivity contribution in [2.45, 2.75) is 57.8 Å². The minimum atomic E-state index is -0.704. The van der Waals surface area contributed by atoms with Crippen LogP contribution >= 0.6 is 0 Å². The average Bonchev–Trinajstić information content (AvgIpc) is 3.17. The van der Waals surface area contributed by atoms with Gasteiger partial charge in [-0.15, -0.1) is 0 Å². The molecule has 0 spiro atoms. The molecular weight excluding hydrogens is 283 g/mol. The molecule has 0 radical (unpaired) electrons. The molecule has 0 bridgehead atoms. The van der Waals surface area contributed by atoms with Gasteiger partial charge in [0.25, 0.3) is 0 Å². The van der Waals surface area contributed by atoms with Gasteiger partial charge in [-0.1, -0.05) is 0 Å². The van der Waals surface area contributed by atoms with Crippen LogP contribution < -0.4 is 15.9 Å². The SMILES string of the molecule is CC1(C)OB(c2c(OC3CC3)cncc2C(N)=O)OC1(C)C. The van der Waals surface area contributed by atoms with E-state index in [-0.39, 0.29) is 11.7 Å². The van der Waals surface area contributed by atoms with Crippen molar-refractivity contribution < 1.29 is 18.8 Å². The van der Waals surface area contributed by atoms with E-state index in [9.17, 15) is 4.79 Å². The smallest absolute Gasteiger partial charge is 0.489 e. The average molecular weight is 304 g/mol. The number of pyridine rings is 1. The second-order valence-electron chi connectivity index (χ2n) is 6.87. The molecule has 3 rings (SSSR count). The summed E-state index contributed by atoms with van der Waals surface area (Å²) in [7, 11) is -0.704. The first kappa shape index (κ1) is 15.3. The van der Waals surface area contributed by atoms with E-state index < -0.39 is 24.2 Å². The maximum atomic E-state index is 11.8. The zero-order valence-corrected chi connectivity index (χ0v) is 13.4. The highest BCUT2D eigenvalue weighted by atomic mass is 16.7. The molecule has 0 atom stereocenters. The first-order valence-corrected chi connectivity index (χ1v) is 7.51. The standard InChI is InChI=1S/C15H21BN2O4/c1-14(2)15(3,4)22-16(21-14)12-10(13(17)19)7-18-8-11(12)20-9-5-6-9/h7-9H,5-6H2,1-4H3,(H2,17,19). The summed E-state index contributed by atoms with van der Waals surface area (Å²) in [6.07, 6.45) is 5.20. The highest BCUT2D eigenvalue weighted by Gasteiger charge is 2.53. The fraction of sp³-hybridized carbons (Fsp3) is 0.600. The van der Waals surface area contributed by atoms with Crippen molar-refractivity contribution >= 4 is 18.5 Å². The van der Waals surface area contributed by atoms with Crippen LogP contribution in [0.3, 0.4) is 0 Å². The van der Waals surface area contributed by atoms with E-state index >= 15 is 0 Å². The van der Waals surface area contributed by atoms with Gasteiger partial charge in [-0.05, 0) is 40.5 Å². The van der Waals surface area contributed by atoms with Crippen molar-refractivity contribution in [2.75, 3.05) is 0 Å². The highest BCUT2D eigenvalue weighted by molar-refractivity contribution is 6.64. The van der Waals surface area contributed by atoms with Gasteiger partial charge in [-0.2, -0.15) is 0 Å². The molecule has 118 valence electrons. The highest BCUT2D eigenvalue weighted by Crippen LogP contribution is 2.38. The van der Waals surface area contributed by atoms with Crippen molar-refractivity contribution in [2.24, 2.45) is 5.73 Å². The van der Waals surface area contributed by atoms with Crippen LogP contribution in [0.25, 0.3) is 0 Å². The second kappa shape index (κ2) is 4.96. The molecule has 1 aliphatic heterocycles. The molecule has 2 heterocycles. The summed E-state index contributed by atoms with van der Waals surface area (Å²) in [4.78, 5) is 15.8. The van der Waals surface area contributed by atoms with Gasteiger partial charge in [0.1, 0.15) is 5.75 Å². The molecule has 0 unspecified atom stereocenters. The molecule has 1 amide bonds. The predicted molar refractivity (Wildman–Crippen MR) is 82.1 cm³/mol. The van der Waals surface area contributed by atoms with Crippen LogP contribution in [0.4, 0.5) is 0 Å². The molecule has 2 aliphatic rings. The van der Waals surface area contributed by atoms with Crippen LogP contribution in [0.2, 0.25) is 0 Å². The summed E-state index contributed by atoms with van der Waals surface area (Å²) in [6, 6.07) is 0. The fourth-order valence-corrected chi connectivity index (χ4v) is 2.31. The Bertz CT molecular complexity index is 598. The predicted octanol–water partition coefficient (Wildman–Crippen LogP) is 1.02. The molecule has 1 aliphatic carbocycles. The maximum Gasteiger partial charge on any atom is 0.499 e. The summed E-state index contributed by atoms with van der Waals surface area (Å²) in [5.74, 6) is -0.0595. The van der Waals surface area contributed by atoms with Gasteiger partial charge in [0.15, 0.2) is 0 Å². The van der Waals surface area contributed by atoms with Crippen molar-refractivity contribution in [1.29, 1.82) is 0 Å². The Balaban J connectivity index is 2.02. The number of aromatic nitrogens is 1. The zero-order valence-electron chi connectivity index (χ0n) is 13.4. The lowest BCUT2D eigenvalue weighted by Crippen LogP contribution is -2.41. The summed E-state index contributed by atoms with van der Waals surface area (Å²) in [6.45, 7) is 7.83. The number of carbonyl (C=O) groups is 1. The van der Waals surface area contributed by atoms with E-state index in [2.05, 4.69) is 4.98 Å². The van der Waals surface area contributed by atoms with Gasteiger partial charge in [-0.25, -0.2) is 0 Å². The number of carbonyl (C=O) groups excluding carboxylic acids is 1. The molecule has 1 aromatic heterocycles. The normalized spacial score (nSPS) is 22.6. The summed E-state index contributed by atoms with van der Waals surface area (Å²) in [5, 5.41) is 0. The van der Waals surface area contributed by atoms with Gasteiger partial charge < -0.3 is 19.8 Å². The van der Waals surface area contributed by atoms with Crippen LogP contribution in [0.1, 0.15) is 50.9 Å². The molecule has 1 saturated heterocycles. The number of hydrogen-bond donors (Lipinski definition) is 1. The van der Waals surface area contributed by atoms with Crippen LogP contribution in [0.15, 0.2) is 12.4 Å². The molecular formula is C15H21BN2O4. The topological polar surface area (TPSA) is 83.7 Å². The first-order chi connectivity index (χ1) is 10.2. The van der Waals surface area contributed by atoms with E-state index in [0.29, 0.717) is 11.2 Å². The molecule has 22 heavy (non-hydrogen) atoms. The fourth-order valence-electron chi connectivity index (χ4n) is 2.31. The third-order valence-corrected chi connectivity index (χ3v) is 4.52. The van der Waals surface area contributed by atoms with Gasteiger partial charge in [0, 0.05) is 11.7 Å². The Kier molecular flexibility index (Phi) is 3.45. The van der Waals surface area contributed by atoms with Gasteiger partial charge >= 0.3 is 7.12 Å². The van der Waals surface area contributed by atoms with Gasteiger partial charge in [0.2, 0.25) is 5.91 Å². The number of rotatable bonds is 4. The van der Waals surface area contributed by atoms with Crippen LogP contribution in [-0.2, 0) is 9.31 Å². The van der Waals surface area contributed by atoms with Gasteiger partial charge in [-0.3, -0.25) is 9.78 Å². The maximum absolute atomic E-state index is 11.8. The zero-order chi connectivity index (χ0) is 16.1. The largest absolute Gasteiger partial charge is 0.499 e. The lowest BCUT2D eigenvalue weighted by Gasteiger charge is -2.32. The van der Waals surface area contributed by atoms with Crippen molar-refractivity contribution in [3.8, 4) is 5.75 Å². The molecule has 2 fully saturated rings. The van der Waals surface area contributed by atoms with Crippen molar-refractivity contribution in [3.63, 3.8) is 0 Å². The van der Waals surface area contributed by atoms with Gasteiger partial charge in [0.05, 0.1) is 29.1 Å². The number of nitrogens with two attached hydrogens (primary N) is 1. The van der Waals surface area contributed by atoms with E-state index in [1.807, 2.05) is 27.7 Å². The van der Waals surface area contributed by atoms with E-state index in [0.717, 1.165) is 12.8 Å². The summed E-state index contributed by atoms with van der Waals surface area (Å²) < 4.78 is 18.0. The Hall–Kier alpha value is -1.60. The number of hydrogen-bond acceptors (Lipinski definition) is 5. The van der Waals surface area contributed by atoms with Crippen molar-refractivity contribution in [3.05, 3.63) is 18.0 Å². The Morgan fingerprint density at radius 1 is 1.27 bits per heavy atom. The molecule has 6 nitrogen and oxygen atoms in total. The Labute approximate surface area is 130 Å². The Morgan fingerprint density at radius 2 is 1.86 bits per heavy atom. The third-order valence-electron chi connectivity index (χ3n) is 4.52. The number of amides is 1. The second-order valence-corrected chi connectivity index (χ2v) is 6.87. The lowest BCUT2D eigenvalue weighted by molar-refractivity contribution is 0.00578. The molecule has 1 aromatic rings. The molecule has 0 aromatic carbocycles. The minimum Gasteiger partial charge on any atom is -0.489 e. The van der Waals surface area contributed by atoms with Crippen molar-refractivity contribution in [1.82, 2.24) is 4.98 Å². The van der Waals surface area contributed by atoms with Crippen LogP contribution in [0.5, 0.6) is 5.75 Å².